The van der Waals surface area contributed by atoms with E-state index in [4.69, 9.17) is 26.0 Å². The number of nitrogens with two attached hydrogens (primary N) is 2. The Morgan fingerprint density at radius 3 is 1.38 bits per heavy atom. The van der Waals surface area contributed by atoms with Gasteiger partial charge in [0.25, 0.3) is 5.91 Å². The fraction of sp³-hybridized carbons (Fsp3) is 0.840. The number of hydrogen-bond donors (Lipinski definition) is 7. The second kappa shape index (κ2) is 44.3. The van der Waals surface area contributed by atoms with E-state index in [2.05, 4.69) is 29.8 Å². The van der Waals surface area contributed by atoms with Crippen molar-refractivity contribution in [3.05, 3.63) is 0 Å². The molecule has 0 aromatic rings. The summed E-state index contributed by atoms with van der Waals surface area (Å²) in [6.45, 7) is 4.35. The Labute approximate surface area is 411 Å². The Bertz CT molecular complexity index is 1410. The third-order valence-electron chi connectivity index (χ3n) is 11.6. The molecule has 0 aliphatic carbocycles. The van der Waals surface area contributed by atoms with Crippen molar-refractivity contribution in [2.45, 2.75) is 250 Å². The van der Waals surface area contributed by atoms with Crippen molar-refractivity contribution in [1.82, 2.24) is 16.0 Å². The Morgan fingerprint density at radius 2 is 0.941 bits per heavy atom. The molecule has 18 heteroatoms. The Morgan fingerprint density at radius 1 is 0.515 bits per heavy atom. The van der Waals surface area contributed by atoms with Gasteiger partial charge in [0.1, 0.15) is 24.8 Å². The predicted octanol–water partition coefficient (Wildman–Crippen LogP) is 8.11. The highest BCUT2D eigenvalue weighted by atomic mass is 32.2. The van der Waals surface area contributed by atoms with Gasteiger partial charge in [0.15, 0.2) is 6.17 Å². The number of primary amides is 1. The average molecular weight is 986 g/mol. The number of carboxylic acid groups (broad SMARTS) is 2. The van der Waals surface area contributed by atoms with Crippen LogP contribution in [-0.4, -0.2) is 100 Å². The van der Waals surface area contributed by atoms with Crippen LogP contribution in [0, 0.1) is 0 Å². The molecule has 4 atom stereocenters. The zero-order valence-electron chi connectivity index (χ0n) is 41.8. The predicted molar refractivity (Wildman–Crippen MR) is 266 cm³/mol. The number of unbranched alkanes of at least 4 members (excludes halogenated alkanes) is 24. The highest BCUT2D eigenvalue weighted by molar-refractivity contribution is 7.99. The molecule has 0 rings (SSSR count). The van der Waals surface area contributed by atoms with Crippen molar-refractivity contribution in [2.75, 3.05) is 18.1 Å². The van der Waals surface area contributed by atoms with Gasteiger partial charge in [0.2, 0.25) is 17.7 Å². The third-order valence-corrected chi connectivity index (χ3v) is 12.7. The standard InChI is InChI=1S/C50H91N5O12S/c1-3-5-7-9-11-13-15-17-19-21-23-25-27-29-45(60)66-37-39(67-46(61)30-28-26-24-22-20-18-16-14-12-10-8-6-4-2)38-68-36-35-43(57)55-47(52)49(63)53-40(32-34-44(58)59)48(62)54-41(50(64)65)31-33-42(51)56/h39-41,47H,3-38,52H2,1-2H3,(H2,51,56)(H,53,63)(H,54,62)(H,55,57)(H,58,59)(H,64,65)/t39-,40?,41?,47-/m1/s1. The minimum Gasteiger partial charge on any atom is -0.481 e. The van der Waals surface area contributed by atoms with Gasteiger partial charge in [-0.15, -0.1) is 0 Å². The largest absolute Gasteiger partial charge is 0.481 e. The van der Waals surface area contributed by atoms with E-state index in [1.807, 2.05) is 0 Å². The SMILES string of the molecule is CCCCCCCCCCCCCCCC(=O)OC[C@H](CSCCC(=O)N[C@@H](N)C(=O)NC(CCC(=O)O)C(=O)NC(CCC(N)=O)C(=O)O)OC(=O)CCCCCCCCCCCCCCC. The Balaban J connectivity index is 4.99. The normalized spacial score (nSPS) is 12.9. The maximum absolute atomic E-state index is 12.9. The molecule has 2 unspecified atom stereocenters. The first-order valence-corrected chi connectivity index (χ1v) is 27.2. The lowest BCUT2D eigenvalue weighted by atomic mass is 10.0. The molecule has 9 N–H and O–H groups in total. The molecular formula is C50H91N5O12S. The number of esters is 2. The molecule has 0 aromatic heterocycles. The summed E-state index contributed by atoms with van der Waals surface area (Å²) in [5.41, 5.74) is 11.0. The smallest absolute Gasteiger partial charge is 0.326 e. The van der Waals surface area contributed by atoms with E-state index in [0.29, 0.717) is 6.42 Å². The monoisotopic (exact) mass is 986 g/mol. The molecule has 0 spiro atoms. The van der Waals surface area contributed by atoms with Gasteiger partial charge in [-0.2, -0.15) is 11.8 Å². The van der Waals surface area contributed by atoms with Gasteiger partial charge in [-0.3, -0.25) is 33.6 Å². The molecule has 0 bridgehead atoms. The molecule has 0 fully saturated rings. The van der Waals surface area contributed by atoms with Gasteiger partial charge in [-0.1, -0.05) is 168 Å². The number of hydrogen-bond acceptors (Lipinski definition) is 12. The van der Waals surface area contributed by atoms with Gasteiger partial charge in [-0.25, -0.2) is 4.79 Å². The number of nitrogens with one attached hydrogen (secondary N) is 3. The highest BCUT2D eigenvalue weighted by Gasteiger charge is 2.29. The van der Waals surface area contributed by atoms with Gasteiger partial charge < -0.3 is 47.1 Å². The second-order valence-electron chi connectivity index (χ2n) is 18.0. The molecule has 0 saturated heterocycles. The molecule has 68 heavy (non-hydrogen) atoms. The van der Waals surface area contributed by atoms with E-state index in [-0.39, 0.29) is 62.2 Å². The number of aliphatic carboxylic acids is 2. The average Bonchev–Trinajstić information content (AvgIpc) is 3.29. The number of carboxylic acids is 2. The van der Waals surface area contributed by atoms with E-state index < -0.39 is 72.8 Å². The van der Waals surface area contributed by atoms with Crippen LogP contribution in [-0.2, 0) is 47.8 Å². The quantitative estimate of drug-likeness (QED) is 0.0172. The lowest BCUT2D eigenvalue weighted by molar-refractivity contribution is -0.157. The van der Waals surface area contributed by atoms with Gasteiger partial charge in [-0.05, 0) is 25.7 Å². The molecule has 0 radical (unpaired) electrons. The van der Waals surface area contributed by atoms with Crippen LogP contribution in [0.4, 0.5) is 0 Å². The Kier molecular flexibility index (Phi) is 41.7. The van der Waals surface area contributed by atoms with Gasteiger partial charge in [0, 0.05) is 43.6 Å². The van der Waals surface area contributed by atoms with Gasteiger partial charge >= 0.3 is 23.9 Å². The number of carbonyl (C=O) groups is 8. The number of rotatable bonds is 48. The van der Waals surface area contributed by atoms with Crippen LogP contribution in [0.1, 0.15) is 226 Å². The molecule has 0 aliphatic rings. The summed E-state index contributed by atoms with van der Waals surface area (Å²) in [6.07, 6.45) is 27.4. The van der Waals surface area contributed by atoms with E-state index in [1.54, 1.807) is 0 Å². The number of ether oxygens (including phenoxy) is 2. The maximum Gasteiger partial charge on any atom is 0.326 e. The fourth-order valence-electron chi connectivity index (χ4n) is 7.50. The van der Waals surface area contributed by atoms with Crippen molar-refractivity contribution in [3.63, 3.8) is 0 Å². The van der Waals surface area contributed by atoms with Gasteiger partial charge in [0.05, 0.1) is 0 Å². The molecule has 4 amide bonds. The van der Waals surface area contributed by atoms with Crippen LogP contribution < -0.4 is 27.4 Å². The lowest BCUT2D eigenvalue weighted by Gasteiger charge is -2.22. The summed E-state index contributed by atoms with van der Waals surface area (Å²) in [6, 6.07) is -3.07. The van der Waals surface area contributed by atoms with Crippen LogP contribution >= 0.6 is 11.8 Å². The summed E-state index contributed by atoms with van der Waals surface area (Å²) in [5, 5.41) is 25.3. The number of amides is 4. The Hall–Kier alpha value is -3.93. The number of thioether (sulfide) groups is 1. The van der Waals surface area contributed by atoms with E-state index in [1.165, 1.54) is 127 Å². The maximum atomic E-state index is 12.9. The fourth-order valence-corrected chi connectivity index (χ4v) is 8.42. The first-order chi connectivity index (χ1) is 32.7. The van der Waals surface area contributed by atoms with Crippen LogP contribution in [0.25, 0.3) is 0 Å². The summed E-state index contributed by atoms with van der Waals surface area (Å²) >= 11 is 1.29. The molecule has 0 aromatic carbocycles. The van der Waals surface area contributed by atoms with Crippen LogP contribution in [0.15, 0.2) is 0 Å². The molecule has 0 aliphatic heterocycles. The van der Waals surface area contributed by atoms with Crippen LogP contribution in [0.2, 0.25) is 0 Å². The van der Waals surface area contributed by atoms with Crippen LogP contribution in [0.3, 0.4) is 0 Å². The summed E-state index contributed by atoms with van der Waals surface area (Å²) in [7, 11) is 0. The zero-order valence-corrected chi connectivity index (χ0v) is 42.6. The van der Waals surface area contributed by atoms with Crippen molar-refractivity contribution >= 4 is 59.3 Å². The first-order valence-electron chi connectivity index (χ1n) is 26.0. The molecule has 394 valence electrons. The lowest BCUT2D eigenvalue weighted by Crippen LogP contribution is -2.58. The van der Waals surface area contributed by atoms with E-state index in [9.17, 15) is 43.5 Å². The zero-order chi connectivity index (χ0) is 50.6. The van der Waals surface area contributed by atoms with Crippen molar-refractivity contribution in [1.29, 1.82) is 0 Å². The third kappa shape index (κ3) is 40.0. The van der Waals surface area contributed by atoms with E-state index >= 15 is 0 Å². The topological polar surface area (TPSA) is 284 Å². The molecule has 0 heterocycles. The first kappa shape index (κ1) is 64.1. The van der Waals surface area contributed by atoms with E-state index in [0.717, 1.165) is 44.9 Å². The summed E-state index contributed by atoms with van der Waals surface area (Å²) < 4.78 is 11.3. The second-order valence-corrected chi connectivity index (χ2v) is 19.2. The molecule has 0 saturated carbocycles. The summed E-state index contributed by atoms with van der Waals surface area (Å²) in [4.78, 5) is 98.0. The van der Waals surface area contributed by atoms with Crippen molar-refractivity contribution in [2.24, 2.45) is 11.5 Å². The molecular weight excluding hydrogens is 895 g/mol. The van der Waals surface area contributed by atoms with Crippen molar-refractivity contribution in [3.8, 4) is 0 Å². The van der Waals surface area contributed by atoms with Crippen LogP contribution in [0.5, 0.6) is 0 Å². The summed E-state index contributed by atoms with van der Waals surface area (Å²) in [5.74, 6) is -6.49. The molecule has 17 nitrogen and oxygen atoms in total. The minimum absolute atomic E-state index is 0.104. The minimum atomic E-state index is -1.65. The van der Waals surface area contributed by atoms with Crippen molar-refractivity contribution < 1.29 is 58.0 Å². The highest BCUT2D eigenvalue weighted by Crippen LogP contribution is 2.16. The number of carbonyl (C=O) groups excluding carboxylic acids is 6.